The molecule has 1 atom stereocenters. The summed E-state index contributed by atoms with van der Waals surface area (Å²) in [6.45, 7) is 1.45. The van der Waals surface area contributed by atoms with Gasteiger partial charge in [-0.25, -0.2) is 4.79 Å². The topological polar surface area (TPSA) is 73.9 Å². The van der Waals surface area contributed by atoms with Crippen LogP contribution in [0.25, 0.3) is 6.08 Å². The fourth-order valence-electron chi connectivity index (χ4n) is 2.21. The molecule has 1 N–H and O–H groups in total. The van der Waals surface area contributed by atoms with E-state index < -0.39 is 18.0 Å². The van der Waals surface area contributed by atoms with Crippen molar-refractivity contribution in [3.63, 3.8) is 0 Å². The first-order chi connectivity index (χ1) is 13.3. The highest BCUT2D eigenvalue weighted by molar-refractivity contribution is 6.35. The molecule has 0 radical (unpaired) electrons. The van der Waals surface area contributed by atoms with E-state index in [2.05, 4.69) is 5.32 Å². The lowest BCUT2D eigenvalue weighted by atomic mass is 10.1. The minimum Gasteiger partial charge on any atom is -0.497 e. The predicted molar refractivity (Wildman–Crippen MR) is 109 cm³/mol. The zero-order valence-corrected chi connectivity index (χ0v) is 17.0. The summed E-state index contributed by atoms with van der Waals surface area (Å²) in [7, 11) is 3.06. The molecule has 0 aromatic heterocycles. The first-order valence-corrected chi connectivity index (χ1v) is 8.96. The van der Waals surface area contributed by atoms with Crippen LogP contribution in [-0.4, -0.2) is 32.2 Å². The van der Waals surface area contributed by atoms with Gasteiger partial charge in [0.1, 0.15) is 11.5 Å². The minimum atomic E-state index is -1.04. The number of carbonyl (C=O) groups is 2. The number of amides is 1. The molecule has 0 heterocycles. The lowest BCUT2D eigenvalue weighted by molar-refractivity contribution is -0.148. The highest BCUT2D eigenvalue weighted by Crippen LogP contribution is 2.26. The summed E-state index contributed by atoms with van der Waals surface area (Å²) in [4.78, 5) is 24.2. The van der Waals surface area contributed by atoms with Crippen LogP contribution >= 0.6 is 23.2 Å². The first kappa shape index (κ1) is 21.6. The third-order valence-electron chi connectivity index (χ3n) is 3.69. The second-order valence-electron chi connectivity index (χ2n) is 5.63. The largest absolute Gasteiger partial charge is 0.497 e. The SMILES string of the molecule is COc1ccc(C=CC(=O)OC(C)C(=O)Nc2cc(Cl)ccc2Cl)c(OC)c1. The van der Waals surface area contributed by atoms with E-state index in [1.165, 1.54) is 32.3 Å². The van der Waals surface area contributed by atoms with Crippen molar-refractivity contribution in [1.29, 1.82) is 0 Å². The lowest BCUT2D eigenvalue weighted by Gasteiger charge is -2.13. The monoisotopic (exact) mass is 423 g/mol. The quantitative estimate of drug-likeness (QED) is 0.520. The summed E-state index contributed by atoms with van der Waals surface area (Å²) in [6, 6.07) is 9.82. The Bertz CT molecular complexity index is 898. The number of anilines is 1. The Morgan fingerprint density at radius 1 is 1.07 bits per heavy atom. The van der Waals surface area contributed by atoms with Gasteiger partial charge in [0.05, 0.1) is 24.9 Å². The van der Waals surface area contributed by atoms with E-state index in [1.54, 1.807) is 37.4 Å². The molecule has 0 aliphatic rings. The van der Waals surface area contributed by atoms with Crippen LogP contribution in [-0.2, 0) is 14.3 Å². The molecule has 28 heavy (non-hydrogen) atoms. The molecular weight excluding hydrogens is 405 g/mol. The number of rotatable bonds is 7. The van der Waals surface area contributed by atoms with Crippen LogP contribution in [0.3, 0.4) is 0 Å². The molecule has 148 valence electrons. The zero-order chi connectivity index (χ0) is 20.7. The maximum absolute atomic E-state index is 12.2. The average molecular weight is 424 g/mol. The number of halogens is 2. The number of ether oxygens (including phenoxy) is 3. The Morgan fingerprint density at radius 2 is 1.82 bits per heavy atom. The molecule has 0 saturated carbocycles. The number of esters is 1. The smallest absolute Gasteiger partial charge is 0.331 e. The summed E-state index contributed by atoms with van der Waals surface area (Å²) in [5, 5.41) is 3.31. The Labute approximate surface area is 173 Å². The number of carbonyl (C=O) groups excluding carboxylic acids is 2. The molecule has 8 heteroatoms. The van der Waals surface area contributed by atoms with Crippen LogP contribution in [0.1, 0.15) is 12.5 Å². The van der Waals surface area contributed by atoms with Crippen LogP contribution in [0.2, 0.25) is 10.0 Å². The zero-order valence-electron chi connectivity index (χ0n) is 15.5. The van der Waals surface area contributed by atoms with E-state index in [1.807, 2.05) is 0 Å². The van der Waals surface area contributed by atoms with Crippen molar-refractivity contribution in [2.75, 3.05) is 19.5 Å². The van der Waals surface area contributed by atoms with Crippen LogP contribution in [0.15, 0.2) is 42.5 Å². The van der Waals surface area contributed by atoms with E-state index in [9.17, 15) is 9.59 Å². The Kier molecular flexibility index (Phi) is 7.72. The van der Waals surface area contributed by atoms with Crippen molar-refractivity contribution in [2.24, 2.45) is 0 Å². The van der Waals surface area contributed by atoms with Gasteiger partial charge in [0.2, 0.25) is 0 Å². The lowest BCUT2D eigenvalue weighted by Crippen LogP contribution is -2.29. The Hall–Kier alpha value is -2.70. The molecule has 2 aromatic carbocycles. The van der Waals surface area contributed by atoms with Crippen LogP contribution in [0, 0.1) is 0 Å². The van der Waals surface area contributed by atoms with Crippen LogP contribution in [0.5, 0.6) is 11.5 Å². The minimum absolute atomic E-state index is 0.322. The highest BCUT2D eigenvalue weighted by Gasteiger charge is 2.18. The number of benzene rings is 2. The van der Waals surface area contributed by atoms with E-state index in [-0.39, 0.29) is 0 Å². The molecule has 0 aliphatic carbocycles. The standard InChI is InChI=1S/C20H19Cl2NO5/c1-12(20(25)23-17-10-14(21)6-8-16(17)22)28-19(24)9-5-13-4-7-15(26-2)11-18(13)27-3/h4-12H,1-3H3,(H,23,25). The van der Waals surface area contributed by atoms with Gasteiger partial charge in [0.25, 0.3) is 5.91 Å². The molecule has 0 aliphatic heterocycles. The van der Waals surface area contributed by atoms with Crippen LogP contribution in [0.4, 0.5) is 5.69 Å². The summed E-state index contributed by atoms with van der Waals surface area (Å²) in [6.07, 6.45) is 1.70. The number of nitrogens with one attached hydrogen (secondary N) is 1. The van der Waals surface area contributed by atoms with E-state index in [4.69, 9.17) is 37.4 Å². The molecule has 6 nitrogen and oxygen atoms in total. The number of hydrogen-bond acceptors (Lipinski definition) is 5. The molecule has 1 unspecified atom stereocenters. The van der Waals surface area contributed by atoms with E-state index in [0.717, 1.165) is 0 Å². The number of hydrogen-bond donors (Lipinski definition) is 1. The number of methoxy groups -OCH3 is 2. The van der Waals surface area contributed by atoms with Gasteiger partial charge in [-0.3, -0.25) is 4.79 Å². The second-order valence-corrected chi connectivity index (χ2v) is 6.48. The molecule has 1 amide bonds. The normalized spacial score (nSPS) is 11.8. The second kappa shape index (κ2) is 10.0. The van der Waals surface area contributed by atoms with Gasteiger partial charge < -0.3 is 19.5 Å². The maximum atomic E-state index is 12.2. The van der Waals surface area contributed by atoms with Crippen molar-refractivity contribution >= 4 is 46.8 Å². The highest BCUT2D eigenvalue weighted by atomic mass is 35.5. The summed E-state index contributed by atoms with van der Waals surface area (Å²) in [5.41, 5.74) is 0.989. The Balaban J connectivity index is 1.99. The van der Waals surface area contributed by atoms with Gasteiger partial charge in [-0.1, -0.05) is 23.2 Å². The van der Waals surface area contributed by atoms with Crippen molar-refractivity contribution in [1.82, 2.24) is 0 Å². The van der Waals surface area contributed by atoms with Gasteiger partial charge in [0, 0.05) is 22.7 Å². The maximum Gasteiger partial charge on any atom is 0.331 e. The van der Waals surface area contributed by atoms with Gasteiger partial charge in [-0.15, -0.1) is 0 Å². The molecule has 0 bridgehead atoms. The van der Waals surface area contributed by atoms with Gasteiger partial charge >= 0.3 is 5.97 Å². The summed E-state index contributed by atoms with van der Waals surface area (Å²) >= 11 is 11.9. The average Bonchev–Trinajstić information content (AvgIpc) is 2.68. The molecule has 0 spiro atoms. The molecule has 0 saturated heterocycles. The first-order valence-electron chi connectivity index (χ1n) is 8.20. The van der Waals surface area contributed by atoms with Gasteiger partial charge in [-0.2, -0.15) is 0 Å². The van der Waals surface area contributed by atoms with Gasteiger partial charge in [0.15, 0.2) is 6.10 Å². The molecule has 0 fully saturated rings. The van der Waals surface area contributed by atoms with Gasteiger partial charge in [-0.05, 0) is 43.3 Å². The third-order valence-corrected chi connectivity index (χ3v) is 4.25. The van der Waals surface area contributed by atoms with Crippen molar-refractivity contribution in [3.8, 4) is 11.5 Å². The Morgan fingerprint density at radius 3 is 2.50 bits per heavy atom. The fourth-order valence-corrected chi connectivity index (χ4v) is 2.55. The molecule has 2 aromatic rings. The van der Waals surface area contributed by atoms with Crippen molar-refractivity contribution < 1.29 is 23.8 Å². The molecule has 2 rings (SSSR count). The summed E-state index contributed by atoms with van der Waals surface area (Å²) in [5.74, 6) is -0.0583. The molecular formula is C20H19Cl2NO5. The summed E-state index contributed by atoms with van der Waals surface area (Å²) < 4.78 is 15.5. The third kappa shape index (κ3) is 5.90. The van der Waals surface area contributed by atoms with Crippen molar-refractivity contribution in [3.05, 3.63) is 58.1 Å². The fraction of sp³-hybridized carbons (Fsp3) is 0.200. The predicted octanol–water partition coefficient (Wildman–Crippen LogP) is 4.59. The van der Waals surface area contributed by atoms with E-state index in [0.29, 0.717) is 32.8 Å². The van der Waals surface area contributed by atoms with Crippen molar-refractivity contribution in [2.45, 2.75) is 13.0 Å². The van der Waals surface area contributed by atoms with E-state index >= 15 is 0 Å². The van der Waals surface area contributed by atoms with Crippen LogP contribution < -0.4 is 14.8 Å².